The van der Waals surface area contributed by atoms with Crippen LogP contribution in [-0.2, 0) is 4.79 Å². The third-order valence-corrected chi connectivity index (χ3v) is 8.10. The Morgan fingerprint density at radius 1 is 0.973 bits per heavy atom. The van der Waals surface area contributed by atoms with Crippen LogP contribution in [0.5, 0.6) is 5.75 Å². The molecule has 1 N–H and O–H groups in total. The standard InChI is InChI=1S/C30H37N3O3S/c1-19(2)22-11-15-25(16-12-22)33(30(35)28-20(3)31-21(4)37-28)27(23-13-17-26(36-5)18-14-23)29(34)32-24-9-7-6-8-10-24/h11-19,24,27H,6-10H2,1-5H3,(H,32,34)/t27-/m1/s1. The summed E-state index contributed by atoms with van der Waals surface area (Å²) in [6.07, 6.45) is 5.34. The lowest BCUT2D eigenvalue weighted by Crippen LogP contribution is -2.47. The molecule has 2 amide bonds. The predicted molar refractivity (Wildman–Crippen MR) is 150 cm³/mol. The van der Waals surface area contributed by atoms with Crippen LogP contribution in [-0.4, -0.2) is 29.9 Å². The Bertz CT molecular complexity index is 1210. The number of nitrogens with one attached hydrogen (secondary N) is 1. The Morgan fingerprint density at radius 3 is 2.14 bits per heavy atom. The topological polar surface area (TPSA) is 71.5 Å². The van der Waals surface area contributed by atoms with Crippen LogP contribution in [0.15, 0.2) is 48.5 Å². The van der Waals surface area contributed by atoms with E-state index in [0.717, 1.165) is 36.3 Å². The van der Waals surface area contributed by atoms with Crippen molar-refractivity contribution in [3.05, 3.63) is 75.2 Å². The van der Waals surface area contributed by atoms with Gasteiger partial charge in [-0.3, -0.25) is 14.5 Å². The number of methoxy groups -OCH3 is 1. The fourth-order valence-electron chi connectivity index (χ4n) is 4.97. The molecule has 3 aromatic rings. The zero-order chi connectivity index (χ0) is 26.5. The Balaban J connectivity index is 1.82. The summed E-state index contributed by atoms with van der Waals surface area (Å²) in [5.74, 6) is 0.664. The highest BCUT2D eigenvalue weighted by molar-refractivity contribution is 7.13. The van der Waals surface area contributed by atoms with Crippen molar-refractivity contribution >= 4 is 28.8 Å². The molecule has 6 nitrogen and oxygen atoms in total. The largest absolute Gasteiger partial charge is 0.497 e. The number of nitrogens with zero attached hydrogens (tertiary/aromatic N) is 2. The van der Waals surface area contributed by atoms with Crippen LogP contribution in [0.3, 0.4) is 0 Å². The SMILES string of the molecule is COc1ccc([C@H](C(=O)NC2CCCCC2)N(C(=O)c2sc(C)nc2C)c2ccc(C(C)C)cc2)cc1. The lowest BCUT2D eigenvalue weighted by molar-refractivity contribution is -0.123. The second kappa shape index (κ2) is 11.9. The normalized spacial score (nSPS) is 14.9. The van der Waals surface area contributed by atoms with E-state index >= 15 is 0 Å². The molecular formula is C30H37N3O3S. The van der Waals surface area contributed by atoms with Crippen molar-refractivity contribution in [1.29, 1.82) is 0 Å². The predicted octanol–water partition coefficient (Wildman–Crippen LogP) is 6.73. The van der Waals surface area contributed by atoms with Crippen LogP contribution in [0.25, 0.3) is 0 Å². The van der Waals surface area contributed by atoms with Gasteiger partial charge in [0.1, 0.15) is 16.7 Å². The second-order valence-electron chi connectivity index (χ2n) is 10.1. The van der Waals surface area contributed by atoms with Gasteiger partial charge in [0, 0.05) is 11.7 Å². The Kier molecular flexibility index (Phi) is 8.64. The van der Waals surface area contributed by atoms with Gasteiger partial charge in [-0.2, -0.15) is 0 Å². The number of rotatable bonds is 8. The van der Waals surface area contributed by atoms with E-state index in [0.29, 0.717) is 27.9 Å². The van der Waals surface area contributed by atoms with Crippen LogP contribution in [0.4, 0.5) is 5.69 Å². The maximum Gasteiger partial charge on any atom is 0.271 e. The van der Waals surface area contributed by atoms with Crippen LogP contribution in [0, 0.1) is 13.8 Å². The zero-order valence-corrected chi connectivity index (χ0v) is 23.2. The van der Waals surface area contributed by atoms with Crippen molar-refractivity contribution < 1.29 is 14.3 Å². The number of aromatic nitrogens is 1. The van der Waals surface area contributed by atoms with Gasteiger partial charge in [-0.1, -0.05) is 57.4 Å². The summed E-state index contributed by atoms with van der Waals surface area (Å²) in [6, 6.07) is 14.7. The molecule has 0 unspecified atom stereocenters. The molecule has 0 bridgehead atoms. The number of hydrogen-bond acceptors (Lipinski definition) is 5. The highest BCUT2D eigenvalue weighted by Crippen LogP contribution is 2.34. The molecule has 0 spiro atoms. The molecule has 37 heavy (non-hydrogen) atoms. The fraction of sp³-hybridized carbons (Fsp3) is 0.433. The maximum absolute atomic E-state index is 14.2. The molecule has 1 saturated carbocycles. The molecule has 0 saturated heterocycles. The molecule has 1 aliphatic rings. The van der Waals surface area contributed by atoms with Gasteiger partial charge in [-0.25, -0.2) is 4.98 Å². The van der Waals surface area contributed by atoms with Crippen molar-refractivity contribution in [2.45, 2.75) is 77.8 Å². The number of amides is 2. The van der Waals surface area contributed by atoms with E-state index in [2.05, 4.69) is 24.1 Å². The summed E-state index contributed by atoms with van der Waals surface area (Å²) in [5.41, 5.74) is 3.26. The summed E-state index contributed by atoms with van der Waals surface area (Å²) in [7, 11) is 1.61. The Morgan fingerprint density at radius 2 is 1.59 bits per heavy atom. The number of carbonyl (C=O) groups is 2. The number of thiazole rings is 1. The van der Waals surface area contributed by atoms with Gasteiger partial charge in [0.15, 0.2) is 0 Å². The van der Waals surface area contributed by atoms with E-state index in [1.807, 2.05) is 62.4 Å². The monoisotopic (exact) mass is 519 g/mol. The number of carbonyl (C=O) groups excluding carboxylic acids is 2. The first-order chi connectivity index (χ1) is 17.8. The van der Waals surface area contributed by atoms with Crippen molar-refractivity contribution in [2.75, 3.05) is 12.0 Å². The molecule has 7 heteroatoms. The average Bonchev–Trinajstić information content (AvgIpc) is 3.25. The number of ether oxygens (including phenoxy) is 1. The number of benzene rings is 2. The van der Waals surface area contributed by atoms with Crippen molar-refractivity contribution in [2.24, 2.45) is 0 Å². The number of hydrogen-bond donors (Lipinski definition) is 1. The molecule has 4 rings (SSSR count). The van der Waals surface area contributed by atoms with Crippen molar-refractivity contribution in [3.8, 4) is 5.75 Å². The second-order valence-corrected chi connectivity index (χ2v) is 11.3. The molecule has 0 radical (unpaired) electrons. The first-order valence-corrected chi connectivity index (χ1v) is 13.9. The minimum absolute atomic E-state index is 0.120. The fourth-order valence-corrected chi connectivity index (χ4v) is 5.83. The molecule has 0 aliphatic heterocycles. The van der Waals surface area contributed by atoms with E-state index in [-0.39, 0.29) is 17.9 Å². The van der Waals surface area contributed by atoms with Crippen LogP contribution < -0.4 is 15.0 Å². The zero-order valence-electron chi connectivity index (χ0n) is 22.4. The van der Waals surface area contributed by atoms with Crippen LogP contribution >= 0.6 is 11.3 Å². The number of aryl methyl sites for hydroxylation is 2. The quantitative estimate of drug-likeness (QED) is 0.358. The Hall–Kier alpha value is -3.19. The minimum Gasteiger partial charge on any atom is -0.497 e. The Labute approximate surface area is 224 Å². The van der Waals surface area contributed by atoms with Gasteiger partial charge in [-0.15, -0.1) is 11.3 Å². The number of anilines is 1. The van der Waals surface area contributed by atoms with Gasteiger partial charge in [0.05, 0.1) is 17.8 Å². The highest BCUT2D eigenvalue weighted by atomic mass is 32.1. The van der Waals surface area contributed by atoms with E-state index in [4.69, 9.17) is 4.74 Å². The van der Waals surface area contributed by atoms with Crippen LogP contribution in [0.1, 0.15) is 89.4 Å². The average molecular weight is 520 g/mol. The van der Waals surface area contributed by atoms with Gasteiger partial charge in [0.25, 0.3) is 5.91 Å². The molecule has 1 atom stereocenters. The van der Waals surface area contributed by atoms with E-state index in [9.17, 15) is 9.59 Å². The third kappa shape index (κ3) is 6.21. The maximum atomic E-state index is 14.2. The summed E-state index contributed by atoms with van der Waals surface area (Å²) in [5, 5.41) is 4.10. The smallest absolute Gasteiger partial charge is 0.271 e. The minimum atomic E-state index is -0.841. The first-order valence-electron chi connectivity index (χ1n) is 13.1. The van der Waals surface area contributed by atoms with Crippen molar-refractivity contribution in [3.63, 3.8) is 0 Å². The third-order valence-electron chi connectivity index (χ3n) is 7.04. The first kappa shape index (κ1) is 26.9. The summed E-state index contributed by atoms with van der Waals surface area (Å²) < 4.78 is 5.36. The molecule has 1 fully saturated rings. The molecule has 1 aliphatic carbocycles. The van der Waals surface area contributed by atoms with Gasteiger partial charge in [0.2, 0.25) is 5.91 Å². The van der Waals surface area contributed by atoms with E-state index in [1.165, 1.54) is 23.3 Å². The summed E-state index contributed by atoms with van der Waals surface area (Å²) in [6.45, 7) is 8.02. The molecule has 1 heterocycles. The lowest BCUT2D eigenvalue weighted by Gasteiger charge is -2.33. The summed E-state index contributed by atoms with van der Waals surface area (Å²) >= 11 is 1.37. The molecule has 2 aromatic carbocycles. The molecular weight excluding hydrogens is 482 g/mol. The van der Waals surface area contributed by atoms with Gasteiger partial charge in [-0.05, 0) is 68.0 Å². The van der Waals surface area contributed by atoms with E-state index < -0.39 is 6.04 Å². The van der Waals surface area contributed by atoms with E-state index in [1.54, 1.807) is 12.0 Å². The van der Waals surface area contributed by atoms with Gasteiger partial charge >= 0.3 is 0 Å². The highest BCUT2D eigenvalue weighted by Gasteiger charge is 2.36. The van der Waals surface area contributed by atoms with Gasteiger partial charge < -0.3 is 10.1 Å². The molecule has 1 aromatic heterocycles. The lowest BCUT2D eigenvalue weighted by atomic mass is 9.94. The van der Waals surface area contributed by atoms with Crippen LogP contribution in [0.2, 0.25) is 0 Å². The molecule has 196 valence electrons. The van der Waals surface area contributed by atoms with Crippen molar-refractivity contribution in [1.82, 2.24) is 10.3 Å². The summed E-state index contributed by atoms with van der Waals surface area (Å²) in [4.78, 5) is 34.9.